The average molecular weight is 317 g/mol. The second-order valence-corrected chi connectivity index (χ2v) is 5.97. The van der Waals surface area contributed by atoms with Gasteiger partial charge in [0.2, 0.25) is 0 Å². The van der Waals surface area contributed by atoms with Gasteiger partial charge in [0.05, 0.1) is 5.52 Å². The molecule has 5 nitrogen and oxygen atoms in total. The minimum Gasteiger partial charge on any atom is -0.331 e. The van der Waals surface area contributed by atoms with Crippen molar-refractivity contribution in [3.05, 3.63) is 66.4 Å². The number of fused-ring (bicyclic) bond motifs is 1. The van der Waals surface area contributed by atoms with Gasteiger partial charge in [0.15, 0.2) is 0 Å². The maximum absolute atomic E-state index is 4.60. The van der Waals surface area contributed by atoms with Gasteiger partial charge in [0, 0.05) is 61.4 Å². The summed E-state index contributed by atoms with van der Waals surface area (Å²) in [5.74, 6) is 0.982. The minimum absolute atomic E-state index is 0.866. The van der Waals surface area contributed by atoms with Crippen LogP contribution in [0.4, 0.5) is 0 Å². The van der Waals surface area contributed by atoms with Crippen LogP contribution >= 0.6 is 0 Å². The van der Waals surface area contributed by atoms with Gasteiger partial charge in [-0.25, -0.2) is 4.98 Å². The van der Waals surface area contributed by atoms with E-state index in [2.05, 4.69) is 50.8 Å². The number of hydrogen-bond acceptors (Lipinski definition) is 3. The molecule has 0 saturated carbocycles. The number of hydrogen-bond donors (Lipinski definition) is 0. The molecular formula is C19H19N5. The van der Waals surface area contributed by atoms with E-state index >= 15 is 0 Å². The predicted octanol–water partition coefficient (Wildman–Crippen LogP) is 3.38. The summed E-state index contributed by atoms with van der Waals surface area (Å²) in [6, 6.07) is 10.4. The maximum atomic E-state index is 4.60. The quantitative estimate of drug-likeness (QED) is 0.580. The van der Waals surface area contributed by atoms with Crippen LogP contribution < -0.4 is 0 Å². The molecule has 3 heterocycles. The first-order valence-electron chi connectivity index (χ1n) is 8.07. The molecule has 1 aromatic carbocycles. The van der Waals surface area contributed by atoms with Crippen LogP contribution in [0.25, 0.3) is 22.3 Å². The molecule has 5 heteroatoms. The number of aryl methyl sites for hydroxylation is 4. The highest BCUT2D eigenvalue weighted by molar-refractivity contribution is 5.94. The van der Waals surface area contributed by atoms with E-state index in [1.807, 2.05) is 42.6 Å². The Morgan fingerprint density at radius 3 is 2.75 bits per heavy atom. The van der Waals surface area contributed by atoms with E-state index in [-0.39, 0.29) is 0 Å². The minimum atomic E-state index is 0.866. The van der Waals surface area contributed by atoms with E-state index < -0.39 is 0 Å². The van der Waals surface area contributed by atoms with Crippen molar-refractivity contribution in [3.63, 3.8) is 0 Å². The molecule has 0 aliphatic heterocycles. The fraction of sp³-hybridized carbons (Fsp3) is 0.211. The molecule has 0 N–H and O–H groups in total. The highest BCUT2D eigenvalue weighted by Gasteiger charge is 2.12. The largest absolute Gasteiger partial charge is 0.331 e. The lowest BCUT2D eigenvalue weighted by Crippen LogP contribution is -2.06. The second kappa shape index (κ2) is 5.92. The predicted molar refractivity (Wildman–Crippen MR) is 94.6 cm³/mol. The maximum Gasteiger partial charge on any atom is 0.140 e. The summed E-state index contributed by atoms with van der Waals surface area (Å²) in [4.78, 5) is 9.13. The molecule has 0 radical (unpaired) electrons. The SMILES string of the molecule is Cc1ccc(-c2nccn2CCc2ccnn2C)c2cccnc12. The van der Waals surface area contributed by atoms with Crippen molar-refractivity contribution >= 4 is 10.9 Å². The fourth-order valence-electron chi connectivity index (χ4n) is 3.12. The molecule has 3 aromatic heterocycles. The first kappa shape index (κ1) is 14.6. The Balaban J connectivity index is 1.73. The Hall–Kier alpha value is -2.95. The summed E-state index contributed by atoms with van der Waals surface area (Å²) in [7, 11) is 1.98. The summed E-state index contributed by atoms with van der Waals surface area (Å²) in [5.41, 5.74) is 4.56. The zero-order valence-corrected chi connectivity index (χ0v) is 13.8. The van der Waals surface area contributed by atoms with E-state index in [1.165, 1.54) is 11.3 Å². The molecule has 0 amide bonds. The van der Waals surface area contributed by atoms with Crippen LogP contribution in [0.3, 0.4) is 0 Å². The molecule has 0 bridgehead atoms. The smallest absolute Gasteiger partial charge is 0.140 e. The average Bonchev–Trinajstić information content (AvgIpc) is 3.22. The zero-order chi connectivity index (χ0) is 16.5. The standard InChI is InChI=1S/C19H19N5/c1-14-5-6-17(16-4-3-9-20-18(14)16)19-21-11-13-24(19)12-8-15-7-10-22-23(15)2/h3-7,9-11,13H,8,12H2,1-2H3. The van der Waals surface area contributed by atoms with Crippen LogP contribution in [-0.2, 0) is 20.0 Å². The van der Waals surface area contributed by atoms with Crippen molar-refractivity contribution in [1.29, 1.82) is 0 Å². The van der Waals surface area contributed by atoms with E-state index in [1.54, 1.807) is 0 Å². The Morgan fingerprint density at radius 2 is 1.92 bits per heavy atom. The van der Waals surface area contributed by atoms with E-state index in [9.17, 15) is 0 Å². The highest BCUT2D eigenvalue weighted by atomic mass is 15.3. The molecule has 0 spiro atoms. The molecule has 120 valence electrons. The van der Waals surface area contributed by atoms with Crippen molar-refractivity contribution in [3.8, 4) is 11.4 Å². The summed E-state index contributed by atoms with van der Waals surface area (Å²) < 4.78 is 4.12. The third-order valence-corrected chi connectivity index (χ3v) is 4.46. The van der Waals surface area contributed by atoms with Crippen molar-refractivity contribution in [2.75, 3.05) is 0 Å². The normalized spacial score (nSPS) is 11.2. The monoisotopic (exact) mass is 317 g/mol. The van der Waals surface area contributed by atoms with Gasteiger partial charge in [0.1, 0.15) is 5.82 Å². The number of benzene rings is 1. The summed E-state index contributed by atoms with van der Waals surface area (Å²) in [5, 5.41) is 5.38. The van der Waals surface area contributed by atoms with Crippen LogP contribution in [0.15, 0.2) is 55.1 Å². The van der Waals surface area contributed by atoms with Crippen LogP contribution in [-0.4, -0.2) is 24.3 Å². The van der Waals surface area contributed by atoms with Gasteiger partial charge in [-0.2, -0.15) is 5.10 Å². The van der Waals surface area contributed by atoms with Crippen molar-refractivity contribution in [2.45, 2.75) is 19.9 Å². The molecule has 0 unspecified atom stereocenters. The Labute approximate surface area is 140 Å². The van der Waals surface area contributed by atoms with Gasteiger partial charge in [-0.1, -0.05) is 18.2 Å². The Morgan fingerprint density at radius 1 is 1.00 bits per heavy atom. The molecule has 0 fully saturated rings. The highest BCUT2D eigenvalue weighted by Crippen LogP contribution is 2.28. The summed E-state index contributed by atoms with van der Waals surface area (Å²) in [6.45, 7) is 2.96. The molecule has 24 heavy (non-hydrogen) atoms. The number of nitrogens with zero attached hydrogens (tertiary/aromatic N) is 5. The third kappa shape index (κ3) is 2.48. The van der Waals surface area contributed by atoms with Gasteiger partial charge in [0.25, 0.3) is 0 Å². The molecule has 0 atom stereocenters. The molecule has 4 rings (SSSR count). The van der Waals surface area contributed by atoms with Crippen LogP contribution in [0.5, 0.6) is 0 Å². The topological polar surface area (TPSA) is 48.5 Å². The van der Waals surface area contributed by atoms with E-state index in [4.69, 9.17) is 0 Å². The Kier molecular flexibility index (Phi) is 3.61. The second-order valence-electron chi connectivity index (χ2n) is 5.97. The van der Waals surface area contributed by atoms with Gasteiger partial charge in [-0.05, 0) is 24.6 Å². The third-order valence-electron chi connectivity index (χ3n) is 4.46. The molecule has 0 aliphatic carbocycles. The van der Waals surface area contributed by atoms with Gasteiger partial charge >= 0.3 is 0 Å². The number of pyridine rings is 1. The van der Waals surface area contributed by atoms with Crippen molar-refractivity contribution in [1.82, 2.24) is 24.3 Å². The molecule has 0 saturated heterocycles. The first-order chi connectivity index (χ1) is 11.7. The number of imidazole rings is 1. The fourth-order valence-corrected chi connectivity index (χ4v) is 3.12. The lowest BCUT2D eigenvalue weighted by Gasteiger charge is -2.11. The van der Waals surface area contributed by atoms with Crippen LogP contribution in [0, 0.1) is 6.92 Å². The first-order valence-corrected chi connectivity index (χ1v) is 8.07. The zero-order valence-electron chi connectivity index (χ0n) is 13.8. The molecule has 0 aliphatic rings. The lowest BCUT2D eigenvalue weighted by atomic mass is 10.0. The van der Waals surface area contributed by atoms with Crippen LogP contribution in [0.2, 0.25) is 0 Å². The Bertz CT molecular complexity index is 996. The van der Waals surface area contributed by atoms with Gasteiger partial charge in [-0.15, -0.1) is 0 Å². The summed E-state index contributed by atoms with van der Waals surface area (Å²) >= 11 is 0. The lowest BCUT2D eigenvalue weighted by molar-refractivity contribution is 0.640. The van der Waals surface area contributed by atoms with Gasteiger partial charge in [-0.3, -0.25) is 9.67 Å². The van der Waals surface area contributed by atoms with Crippen LogP contribution in [0.1, 0.15) is 11.3 Å². The summed E-state index contributed by atoms with van der Waals surface area (Å²) in [6.07, 6.45) is 8.49. The van der Waals surface area contributed by atoms with E-state index in [0.717, 1.165) is 35.3 Å². The van der Waals surface area contributed by atoms with Crippen molar-refractivity contribution < 1.29 is 0 Å². The molecule has 4 aromatic rings. The number of aromatic nitrogens is 5. The van der Waals surface area contributed by atoms with E-state index in [0.29, 0.717) is 0 Å². The number of rotatable bonds is 4. The van der Waals surface area contributed by atoms with Gasteiger partial charge < -0.3 is 4.57 Å². The molecular weight excluding hydrogens is 298 g/mol. The van der Waals surface area contributed by atoms with Crippen molar-refractivity contribution in [2.24, 2.45) is 7.05 Å².